The summed E-state index contributed by atoms with van der Waals surface area (Å²) in [5.41, 5.74) is 3.58. The van der Waals surface area contributed by atoms with E-state index in [1.54, 1.807) is 13.0 Å². The van der Waals surface area contributed by atoms with Crippen LogP contribution in [-0.2, 0) is 4.79 Å². The first-order valence-corrected chi connectivity index (χ1v) is 9.61. The molecule has 1 heterocycles. The monoisotopic (exact) mass is 413 g/mol. The number of halogens is 2. The summed E-state index contributed by atoms with van der Waals surface area (Å²) in [5.74, 6) is -1.00. The topological polar surface area (TPSA) is 64.0 Å². The number of aryl methyl sites for hydroxylation is 2. The lowest BCUT2D eigenvalue weighted by Crippen LogP contribution is -2.34. The molecule has 0 bridgehead atoms. The Kier molecular flexibility index (Phi) is 6.13. The third kappa shape index (κ3) is 4.54. The van der Waals surface area contributed by atoms with Crippen LogP contribution < -0.4 is 10.9 Å². The fourth-order valence-electron chi connectivity index (χ4n) is 3.07. The van der Waals surface area contributed by atoms with Gasteiger partial charge in [-0.15, -0.1) is 0 Å². The van der Waals surface area contributed by atoms with Crippen molar-refractivity contribution in [1.82, 2.24) is 9.78 Å². The molecule has 3 aromatic rings. The van der Waals surface area contributed by atoms with E-state index in [4.69, 9.17) is 11.6 Å². The van der Waals surface area contributed by atoms with Gasteiger partial charge in [0.05, 0.1) is 10.7 Å². The molecule has 150 valence electrons. The van der Waals surface area contributed by atoms with Gasteiger partial charge in [0.2, 0.25) is 5.91 Å². The Bertz CT molecular complexity index is 1130. The Hall–Kier alpha value is -2.99. The quantitative estimate of drug-likeness (QED) is 0.646. The average Bonchev–Trinajstić information content (AvgIpc) is 2.69. The van der Waals surface area contributed by atoms with Crippen LogP contribution in [0.5, 0.6) is 0 Å². The zero-order valence-electron chi connectivity index (χ0n) is 16.4. The van der Waals surface area contributed by atoms with Gasteiger partial charge in [-0.1, -0.05) is 36.2 Å². The maximum absolute atomic E-state index is 13.3. The summed E-state index contributed by atoms with van der Waals surface area (Å²) in [4.78, 5) is 25.3. The molecule has 1 N–H and O–H groups in total. The van der Waals surface area contributed by atoms with Gasteiger partial charge in [-0.05, 0) is 56.2 Å². The maximum Gasteiger partial charge on any atom is 0.267 e. The van der Waals surface area contributed by atoms with Gasteiger partial charge in [0.15, 0.2) is 0 Å². The molecule has 2 aromatic carbocycles. The number of carbonyl (C=O) groups excluding carboxylic acids is 1. The van der Waals surface area contributed by atoms with Crippen molar-refractivity contribution in [3.8, 4) is 11.3 Å². The zero-order valence-corrected chi connectivity index (χ0v) is 17.1. The second-order valence-electron chi connectivity index (χ2n) is 6.86. The fraction of sp³-hybridized carbons (Fsp3) is 0.227. The number of benzene rings is 2. The summed E-state index contributed by atoms with van der Waals surface area (Å²) in [5, 5.41) is 7.05. The summed E-state index contributed by atoms with van der Waals surface area (Å²) in [6, 6.07) is 12.1. The van der Waals surface area contributed by atoms with Crippen LogP contribution in [0.3, 0.4) is 0 Å². The Balaban J connectivity index is 1.96. The molecule has 0 radical (unpaired) electrons. The second-order valence-corrected chi connectivity index (χ2v) is 7.27. The minimum atomic E-state index is -0.823. The van der Waals surface area contributed by atoms with E-state index in [0.717, 1.165) is 16.7 Å². The lowest BCUT2D eigenvalue weighted by atomic mass is 10.0. The molecule has 0 saturated heterocycles. The summed E-state index contributed by atoms with van der Waals surface area (Å²) in [7, 11) is 0. The molecule has 1 atom stereocenters. The van der Waals surface area contributed by atoms with Crippen molar-refractivity contribution >= 4 is 23.2 Å². The largest absolute Gasteiger partial charge is 0.324 e. The Morgan fingerprint density at radius 1 is 1.17 bits per heavy atom. The van der Waals surface area contributed by atoms with Crippen LogP contribution in [0.4, 0.5) is 10.1 Å². The van der Waals surface area contributed by atoms with Crippen molar-refractivity contribution in [3.05, 3.63) is 80.9 Å². The van der Waals surface area contributed by atoms with E-state index in [1.807, 2.05) is 32.0 Å². The molecule has 0 spiro atoms. The molecule has 7 heteroatoms. The van der Waals surface area contributed by atoms with Gasteiger partial charge >= 0.3 is 0 Å². The van der Waals surface area contributed by atoms with Crippen molar-refractivity contribution in [2.24, 2.45) is 0 Å². The first-order chi connectivity index (χ1) is 13.8. The first kappa shape index (κ1) is 20.7. The first-order valence-electron chi connectivity index (χ1n) is 9.23. The van der Waals surface area contributed by atoms with Crippen molar-refractivity contribution in [2.45, 2.75) is 33.2 Å². The number of hydrogen-bond acceptors (Lipinski definition) is 3. The van der Waals surface area contributed by atoms with Crippen LogP contribution in [0.2, 0.25) is 5.02 Å². The fourth-order valence-corrected chi connectivity index (χ4v) is 3.25. The highest BCUT2D eigenvalue weighted by Gasteiger charge is 2.22. The number of nitrogens with zero attached hydrogens (tertiary/aromatic N) is 2. The number of anilines is 1. The third-order valence-electron chi connectivity index (χ3n) is 4.67. The molecule has 1 aromatic heterocycles. The predicted octanol–water partition coefficient (Wildman–Crippen LogP) is 4.91. The van der Waals surface area contributed by atoms with Gasteiger partial charge in [-0.25, -0.2) is 9.07 Å². The van der Waals surface area contributed by atoms with E-state index in [2.05, 4.69) is 10.4 Å². The molecule has 0 aliphatic heterocycles. The van der Waals surface area contributed by atoms with E-state index in [0.29, 0.717) is 17.8 Å². The normalized spacial score (nSPS) is 11.9. The SMILES string of the molecule is CC[C@@H](C(=O)Nc1ccc(F)c(Cl)c1)n1nc(-c2cc(C)ccc2C)ccc1=O. The average molecular weight is 414 g/mol. The van der Waals surface area contributed by atoms with Crippen LogP contribution >= 0.6 is 11.6 Å². The molecule has 0 aliphatic rings. The van der Waals surface area contributed by atoms with E-state index in [9.17, 15) is 14.0 Å². The molecule has 3 rings (SSSR count). The Morgan fingerprint density at radius 3 is 2.62 bits per heavy atom. The molecule has 0 unspecified atom stereocenters. The number of amides is 1. The zero-order chi connectivity index (χ0) is 21.1. The van der Waals surface area contributed by atoms with Crippen molar-refractivity contribution in [3.63, 3.8) is 0 Å². The minimum Gasteiger partial charge on any atom is -0.324 e. The minimum absolute atomic E-state index is 0.0944. The smallest absolute Gasteiger partial charge is 0.267 e. The highest BCUT2D eigenvalue weighted by atomic mass is 35.5. The number of hydrogen-bond donors (Lipinski definition) is 1. The van der Waals surface area contributed by atoms with Crippen LogP contribution in [0, 0.1) is 19.7 Å². The molecule has 0 fully saturated rings. The van der Waals surface area contributed by atoms with Crippen molar-refractivity contribution in [1.29, 1.82) is 0 Å². The highest BCUT2D eigenvalue weighted by Crippen LogP contribution is 2.24. The number of nitrogens with one attached hydrogen (secondary N) is 1. The molecule has 1 amide bonds. The number of carbonyl (C=O) groups is 1. The summed E-state index contributed by atoms with van der Waals surface area (Å²) in [6.07, 6.45) is 0.351. The van der Waals surface area contributed by atoms with E-state index in [-0.39, 0.29) is 10.6 Å². The predicted molar refractivity (Wildman–Crippen MR) is 113 cm³/mol. The van der Waals surface area contributed by atoms with Gasteiger partial charge in [-0.2, -0.15) is 5.10 Å². The van der Waals surface area contributed by atoms with Crippen LogP contribution in [0.1, 0.15) is 30.5 Å². The molecule has 0 saturated carbocycles. The number of aromatic nitrogens is 2. The standard InChI is InChI=1S/C22H21ClFN3O2/c1-4-20(22(29)25-15-7-8-18(24)17(23)12-15)27-21(28)10-9-19(26-27)16-11-13(2)5-6-14(16)3/h5-12,20H,4H2,1-3H3,(H,25,29)/t20-/m0/s1. The third-order valence-corrected chi connectivity index (χ3v) is 4.96. The van der Waals surface area contributed by atoms with Crippen molar-refractivity contribution < 1.29 is 9.18 Å². The van der Waals surface area contributed by atoms with E-state index in [1.165, 1.54) is 28.9 Å². The molecule has 0 aliphatic carbocycles. The van der Waals surface area contributed by atoms with E-state index < -0.39 is 17.8 Å². The summed E-state index contributed by atoms with van der Waals surface area (Å²) < 4.78 is 14.5. The highest BCUT2D eigenvalue weighted by molar-refractivity contribution is 6.31. The lowest BCUT2D eigenvalue weighted by molar-refractivity contribution is -0.119. The molecular weight excluding hydrogens is 393 g/mol. The van der Waals surface area contributed by atoms with Gasteiger partial charge in [0.25, 0.3) is 5.56 Å². The van der Waals surface area contributed by atoms with Gasteiger partial charge in [-0.3, -0.25) is 9.59 Å². The summed E-state index contributed by atoms with van der Waals surface area (Å²) >= 11 is 5.78. The van der Waals surface area contributed by atoms with Gasteiger partial charge in [0.1, 0.15) is 11.9 Å². The van der Waals surface area contributed by atoms with Crippen LogP contribution in [-0.4, -0.2) is 15.7 Å². The lowest BCUT2D eigenvalue weighted by Gasteiger charge is -2.18. The molecular formula is C22H21ClFN3O2. The van der Waals surface area contributed by atoms with Crippen LogP contribution in [0.15, 0.2) is 53.3 Å². The number of rotatable bonds is 5. The molecule has 29 heavy (non-hydrogen) atoms. The second kappa shape index (κ2) is 8.57. The van der Waals surface area contributed by atoms with Gasteiger partial charge < -0.3 is 5.32 Å². The van der Waals surface area contributed by atoms with Crippen molar-refractivity contribution in [2.75, 3.05) is 5.32 Å². The Labute approximate surface area is 173 Å². The van der Waals surface area contributed by atoms with Crippen LogP contribution in [0.25, 0.3) is 11.3 Å². The maximum atomic E-state index is 13.3. The Morgan fingerprint density at radius 2 is 1.93 bits per heavy atom. The van der Waals surface area contributed by atoms with Gasteiger partial charge in [0, 0.05) is 17.3 Å². The van der Waals surface area contributed by atoms with E-state index >= 15 is 0 Å². The molecule has 5 nitrogen and oxygen atoms in total. The summed E-state index contributed by atoms with van der Waals surface area (Å²) in [6.45, 7) is 5.74.